The van der Waals surface area contributed by atoms with E-state index < -0.39 is 0 Å². The Morgan fingerprint density at radius 2 is 1.74 bits per heavy atom. The number of ether oxygens (including phenoxy) is 2. The summed E-state index contributed by atoms with van der Waals surface area (Å²) in [6.45, 7) is 2.44. The molecule has 1 atom stereocenters. The molecule has 5 rings (SSSR count). The number of para-hydroxylation sites is 1. The van der Waals surface area contributed by atoms with Crippen molar-refractivity contribution in [3.63, 3.8) is 0 Å². The molecule has 4 aromatic rings. The third-order valence-corrected chi connectivity index (χ3v) is 6.25. The summed E-state index contributed by atoms with van der Waals surface area (Å²) in [7, 11) is 3.26. The van der Waals surface area contributed by atoms with E-state index in [0.29, 0.717) is 18.0 Å². The van der Waals surface area contributed by atoms with Crippen LogP contribution < -0.4 is 14.8 Å². The first kappa shape index (κ1) is 21.6. The minimum atomic E-state index is -0.302. The van der Waals surface area contributed by atoms with E-state index in [1.165, 1.54) is 0 Å². The van der Waals surface area contributed by atoms with Crippen molar-refractivity contribution in [3.05, 3.63) is 107 Å². The molecule has 172 valence electrons. The first-order chi connectivity index (χ1) is 16.6. The van der Waals surface area contributed by atoms with Gasteiger partial charge in [0.1, 0.15) is 11.5 Å². The van der Waals surface area contributed by atoms with Crippen LogP contribution in [0.2, 0.25) is 0 Å². The number of carbonyl (C=O) groups excluding carboxylic acids is 1. The molecule has 6 nitrogen and oxygen atoms in total. The van der Waals surface area contributed by atoms with Crippen molar-refractivity contribution in [2.24, 2.45) is 0 Å². The summed E-state index contributed by atoms with van der Waals surface area (Å²) in [6.07, 6.45) is 2.05. The Bertz CT molecular complexity index is 1330. The molecule has 2 heterocycles. The molecular weight excluding hydrogens is 426 g/mol. The van der Waals surface area contributed by atoms with Crippen LogP contribution in [0.15, 0.2) is 85.1 Å². The Hall–Kier alpha value is -4.19. The summed E-state index contributed by atoms with van der Waals surface area (Å²) in [6, 6.07) is 25.4. The van der Waals surface area contributed by atoms with E-state index in [9.17, 15) is 4.79 Å². The average molecular weight is 454 g/mol. The van der Waals surface area contributed by atoms with E-state index >= 15 is 0 Å². The van der Waals surface area contributed by atoms with Gasteiger partial charge in [0.05, 0.1) is 38.2 Å². The third kappa shape index (κ3) is 3.88. The van der Waals surface area contributed by atoms with Gasteiger partial charge in [0.25, 0.3) is 0 Å². The van der Waals surface area contributed by atoms with Crippen molar-refractivity contribution < 1.29 is 14.3 Å². The fraction of sp³-hybridized carbons (Fsp3) is 0.179. The smallest absolute Gasteiger partial charge is 0.323 e. The highest BCUT2D eigenvalue weighted by molar-refractivity contribution is 5.92. The summed E-state index contributed by atoms with van der Waals surface area (Å²) in [5.41, 5.74) is 5.85. The Balaban J connectivity index is 1.62. The number of rotatable bonds is 4. The second-order valence-electron chi connectivity index (χ2n) is 8.37. The quantitative estimate of drug-likeness (QED) is 0.416. The molecule has 2 amide bonds. The standard InChI is InChI=1S/C28H27N3O3/c1-19-10-15-26(34-3)23(17-19)29-28(32)31-18-21-7-4-5-8-24(21)30-16-6-9-25(30)27(31)20-11-13-22(33-2)14-12-20/h4-17,27H,18H2,1-3H3,(H,29,32). The van der Waals surface area contributed by atoms with Crippen LogP contribution in [-0.4, -0.2) is 29.7 Å². The number of anilines is 1. The van der Waals surface area contributed by atoms with Gasteiger partial charge in [-0.05, 0) is 66.1 Å². The Morgan fingerprint density at radius 3 is 2.50 bits per heavy atom. The largest absolute Gasteiger partial charge is 0.497 e. The van der Waals surface area contributed by atoms with Gasteiger partial charge in [-0.25, -0.2) is 4.79 Å². The molecule has 1 aliphatic heterocycles. The van der Waals surface area contributed by atoms with Gasteiger partial charge in [0, 0.05) is 11.9 Å². The van der Waals surface area contributed by atoms with Gasteiger partial charge >= 0.3 is 6.03 Å². The molecule has 1 unspecified atom stereocenters. The third-order valence-electron chi connectivity index (χ3n) is 6.25. The van der Waals surface area contributed by atoms with Crippen LogP contribution >= 0.6 is 0 Å². The molecule has 6 heteroatoms. The van der Waals surface area contributed by atoms with E-state index in [4.69, 9.17) is 9.47 Å². The van der Waals surface area contributed by atoms with Crippen molar-refractivity contribution in [2.75, 3.05) is 19.5 Å². The van der Waals surface area contributed by atoms with E-state index in [-0.39, 0.29) is 12.1 Å². The Kier molecular flexibility index (Phi) is 5.72. The number of aryl methyl sites for hydroxylation is 1. The first-order valence-electron chi connectivity index (χ1n) is 11.2. The molecule has 0 aliphatic carbocycles. The fourth-order valence-corrected chi connectivity index (χ4v) is 4.58. The van der Waals surface area contributed by atoms with Gasteiger partial charge in [0.15, 0.2) is 0 Å². The van der Waals surface area contributed by atoms with Crippen LogP contribution in [0, 0.1) is 6.92 Å². The Labute approximate surface area is 199 Å². The molecule has 0 fully saturated rings. The Morgan fingerprint density at radius 1 is 0.941 bits per heavy atom. The van der Waals surface area contributed by atoms with Crippen LogP contribution in [0.25, 0.3) is 5.69 Å². The zero-order valence-electron chi connectivity index (χ0n) is 19.5. The predicted molar refractivity (Wildman–Crippen MR) is 133 cm³/mol. The molecule has 1 aromatic heterocycles. The molecule has 34 heavy (non-hydrogen) atoms. The maximum atomic E-state index is 13.9. The first-order valence-corrected chi connectivity index (χ1v) is 11.2. The number of benzene rings is 3. The highest BCUT2D eigenvalue weighted by atomic mass is 16.5. The zero-order valence-corrected chi connectivity index (χ0v) is 19.5. The number of carbonyl (C=O) groups is 1. The number of nitrogens with one attached hydrogen (secondary N) is 1. The molecule has 0 radical (unpaired) electrons. The summed E-state index contributed by atoms with van der Waals surface area (Å²) in [4.78, 5) is 15.7. The van der Waals surface area contributed by atoms with Crippen LogP contribution in [0.1, 0.15) is 28.4 Å². The van der Waals surface area contributed by atoms with Crippen molar-refractivity contribution in [1.82, 2.24) is 9.47 Å². The molecule has 0 saturated heterocycles. The SMILES string of the molecule is COc1ccc(C2c3cccn3-c3ccccc3CN2C(=O)Nc2cc(C)ccc2OC)cc1. The number of hydrogen-bond donors (Lipinski definition) is 1. The number of fused-ring (bicyclic) bond motifs is 3. The van der Waals surface area contributed by atoms with Crippen LogP contribution in [-0.2, 0) is 6.54 Å². The second kappa shape index (κ2) is 8.98. The average Bonchev–Trinajstić information content (AvgIpc) is 3.28. The summed E-state index contributed by atoms with van der Waals surface area (Å²) in [5.74, 6) is 1.40. The normalized spacial score (nSPS) is 14.6. The van der Waals surface area contributed by atoms with Crippen molar-refractivity contribution in [2.45, 2.75) is 19.5 Å². The van der Waals surface area contributed by atoms with E-state index in [1.54, 1.807) is 14.2 Å². The minimum Gasteiger partial charge on any atom is -0.497 e. The highest BCUT2D eigenvalue weighted by Crippen LogP contribution is 2.38. The lowest BCUT2D eigenvalue weighted by Crippen LogP contribution is -2.38. The van der Waals surface area contributed by atoms with Gasteiger partial charge in [0.2, 0.25) is 0 Å². The molecule has 0 spiro atoms. The fourth-order valence-electron chi connectivity index (χ4n) is 4.58. The molecular formula is C28H27N3O3. The van der Waals surface area contributed by atoms with E-state index in [1.807, 2.05) is 72.5 Å². The zero-order chi connectivity index (χ0) is 23.7. The highest BCUT2D eigenvalue weighted by Gasteiger charge is 2.33. The van der Waals surface area contributed by atoms with Crippen LogP contribution in [0.4, 0.5) is 10.5 Å². The summed E-state index contributed by atoms with van der Waals surface area (Å²) >= 11 is 0. The number of nitrogens with zero attached hydrogens (tertiary/aromatic N) is 2. The topological polar surface area (TPSA) is 55.7 Å². The number of methoxy groups -OCH3 is 2. The van der Waals surface area contributed by atoms with E-state index in [0.717, 1.165) is 33.8 Å². The summed E-state index contributed by atoms with van der Waals surface area (Å²) in [5, 5.41) is 3.10. The number of hydrogen-bond acceptors (Lipinski definition) is 3. The molecule has 3 aromatic carbocycles. The maximum Gasteiger partial charge on any atom is 0.323 e. The van der Waals surface area contributed by atoms with Crippen LogP contribution in [0.3, 0.4) is 0 Å². The lowest BCUT2D eigenvalue weighted by Gasteiger charge is -2.31. The van der Waals surface area contributed by atoms with Crippen molar-refractivity contribution in [3.8, 4) is 17.2 Å². The molecule has 1 N–H and O–H groups in total. The van der Waals surface area contributed by atoms with Gasteiger partial charge in [-0.1, -0.05) is 36.4 Å². The number of aromatic nitrogens is 1. The monoisotopic (exact) mass is 453 g/mol. The predicted octanol–water partition coefficient (Wildman–Crippen LogP) is 5.94. The lowest BCUT2D eigenvalue weighted by molar-refractivity contribution is 0.194. The molecule has 1 aliphatic rings. The molecule has 0 saturated carbocycles. The maximum absolute atomic E-state index is 13.9. The van der Waals surface area contributed by atoms with Gasteiger partial charge in [-0.3, -0.25) is 0 Å². The van der Waals surface area contributed by atoms with E-state index in [2.05, 4.69) is 34.3 Å². The van der Waals surface area contributed by atoms with Gasteiger partial charge in [-0.15, -0.1) is 0 Å². The second-order valence-corrected chi connectivity index (χ2v) is 8.37. The molecule has 0 bridgehead atoms. The lowest BCUT2D eigenvalue weighted by atomic mass is 10.0. The van der Waals surface area contributed by atoms with Crippen molar-refractivity contribution >= 4 is 11.7 Å². The number of urea groups is 1. The van der Waals surface area contributed by atoms with Gasteiger partial charge < -0.3 is 24.3 Å². The summed E-state index contributed by atoms with van der Waals surface area (Å²) < 4.78 is 13.0. The minimum absolute atomic E-state index is 0.200. The number of amides is 2. The van der Waals surface area contributed by atoms with Crippen molar-refractivity contribution in [1.29, 1.82) is 0 Å². The van der Waals surface area contributed by atoms with Gasteiger partial charge in [-0.2, -0.15) is 0 Å². The van der Waals surface area contributed by atoms with Crippen LogP contribution in [0.5, 0.6) is 11.5 Å².